The molecule has 0 aliphatic carbocycles. The van der Waals surface area contributed by atoms with Gasteiger partial charge < -0.3 is 4.74 Å². The van der Waals surface area contributed by atoms with Crippen LogP contribution in [-0.4, -0.2) is 65.0 Å². The Kier molecular flexibility index (Phi) is 11.0. The van der Waals surface area contributed by atoms with Crippen molar-refractivity contribution in [3.05, 3.63) is 12.7 Å². The second kappa shape index (κ2) is 11.3. The lowest BCUT2D eigenvalue weighted by atomic mass is 10.0. The van der Waals surface area contributed by atoms with Gasteiger partial charge >= 0.3 is 24.5 Å². The average Bonchev–Trinajstić information content (AvgIpc) is 2.58. The quantitative estimate of drug-likeness (QED) is 0.129. The molecule has 0 aliphatic rings. The summed E-state index contributed by atoms with van der Waals surface area (Å²) < 4.78 is 144. The summed E-state index contributed by atoms with van der Waals surface area (Å²) in [6, 6.07) is 0. The Morgan fingerprint density at radius 1 is 0.839 bits per heavy atom. The molecule has 15 heteroatoms. The van der Waals surface area contributed by atoms with Crippen LogP contribution in [0.5, 0.6) is 0 Å². The van der Waals surface area contributed by atoms with Crippen LogP contribution in [0.15, 0.2) is 12.7 Å². The number of halogens is 11. The molecule has 2 atom stereocenters. The van der Waals surface area contributed by atoms with E-state index in [1.165, 1.54) is 0 Å². The van der Waals surface area contributed by atoms with E-state index >= 15 is 0 Å². The van der Waals surface area contributed by atoms with Gasteiger partial charge in [0.2, 0.25) is 5.67 Å². The number of alkyl halides is 11. The highest BCUT2D eigenvalue weighted by molar-refractivity contribution is 8.00. The third-order valence-corrected chi connectivity index (χ3v) is 6.05. The molecule has 0 aromatic heterocycles. The van der Waals surface area contributed by atoms with E-state index in [4.69, 9.17) is 4.74 Å². The summed E-state index contributed by atoms with van der Waals surface area (Å²) in [7, 11) is 0. The number of hydrogen-bond donors (Lipinski definition) is 0. The van der Waals surface area contributed by atoms with Crippen molar-refractivity contribution in [3.63, 3.8) is 0 Å². The van der Waals surface area contributed by atoms with Gasteiger partial charge in [-0.25, -0.2) is 13.6 Å². The van der Waals surface area contributed by atoms with Gasteiger partial charge in [-0.15, -0.1) is 0 Å². The zero-order valence-corrected chi connectivity index (χ0v) is 17.5. The Bertz CT molecular complexity index is 572. The van der Waals surface area contributed by atoms with E-state index in [1.54, 1.807) is 0 Å². The molecule has 0 aromatic carbocycles. The van der Waals surface area contributed by atoms with Crippen molar-refractivity contribution < 1.29 is 57.8 Å². The molecule has 0 aromatic rings. The first-order valence-corrected chi connectivity index (χ1v) is 10.7. The molecule has 31 heavy (non-hydrogen) atoms. The fourth-order valence-corrected chi connectivity index (χ4v) is 4.15. The number of hydrogen-bond acceptors (Lipinski definition) is 4. The van der Waals surface area contributed by atoms with E-state index in [0.717, 1.165) is 11.8 Å². The van der Waals surface area contributed by atoms with Gasteiger partial charge in [0.15, 0.2) is 0 Å². The average molecular weight is 516 g/mol. The maximum absolute atomic E-state index is 13.6. The van der Waals surface area contributed by atoms with Crippen LogP contribution in [0.3, 0.4) is 0 Å². The molecule has 184 valence electrons. The SMILES string of the molecule is C=CC(=O)OC(CSCCC(C)(F)C(F)(F)F)CSCCC(F)(C(F)(F)F)C(F)(F)F. The Labute approximate surface area is 179 Å². The summed E-state index contributed by atoms with van der Waals surface area (Å²) in [5.41, 5.74) is -8.89. The van der Waals surface area contributed by atoms with Crippen molar-refractivity contribution in [2.45, 2.75) is 55.7 Å². The Morgan fingerprint density at radius 2 is 1.26 bits per heavy atom. The number of carbonyl (C=O) groups is 1. The predicted molar refractivity (Wildman–Crippen MR) is 95.5 cm³/mol. The Hall–Kier alpha value is -0.860. The number of rotatable bonds is 12. The largest absolute Gasteiger partial charge is 0.457 e. The monoisotopic (exact) mass is 516 g/mol. The summed E-state index contributed by atoms with van der Waals surface area (Å²) in [5, 5.41) is 0. The molecule has 0 N–H and O–H groups in total. The van der Waals surface area contributed by atoms with Crippen LogP contribution in [0.2, 0.25) is 0 Å². The van der Waals surface area contributed by atoms with Crippen molar-refractivity contribution in [2.75, 3.05) is 23.0 Å². The standard InChI is InChI=1S/C16H19F11O2S2/c1-3-11(28)29-10(8-30-6-4-12(2,17)14(19,20)21)9-31-7-5-13(18,15(22,23)24)16(25,26)27/h3,10H,1,4-9H2,2H3. The van der Waals surface area contributed by atoms with E-state index < -0.39 is 60.5 Å². The zero-order valence-electron chi connectivity index (χ0n) is 15.9. The molecule has 0 aliphatic heterocycles. The summed E-state index contributed by atoms with van der Waals surface area (Å²) in [6.07, 6.45) is -20.8. The highest BCUT2D eigenvalue weighted by Crippen LogP contribution is 2.48. The van der Waals surface area contributed by atoms with E-state index in [2.05, 4.69) is 6.58 Å². The van der Waals surface area contributed by atoms with E-state index in [9.17, 15) is 53.1 Å². The summed E-state index contributed by atoms with van der Waals surface area (Å²) in [4.78, 5) is 11.3. The second-order valence-electron chi connectivity index (χ2n) is 6.40. The zero-order chi connectivity index (χ0) is 24.7. The highest BCUT2D eigenvalue weighted by Gasteiger charge is 2.71. The van der Waals surface area contributed by atoms with Gasteiger partial charge in [0, 0.05) is 24.0 Å². The molecular weight excluding hydrogens is 497 g/mol. The van der Waals surface area contributed by atoms with Crippen LogP contribution in [0.4, 0.5) is 48.3 Å². The van der Waals surface area contributed by atoms with Gasteiger partial charge in [-0.3, -0.25) is 0 Å². The van der Waals surface area contributed by atoms with Crippen molar-refractivity contribution in [1.82, 2.24) is 0 Å². The Balaban J connectivity index is 4.79. The van der Waals surface area contributed by atoms with Crippen molar-refractivity contribution in [1.29, 1.82) is 0 Å². The van der Waals surface area contributed by atoms with Gasteiger partial charge in [0.1, 0.15) is 6.10 Å². The van der Waals surface area contributed by atoms with E-state index in [-0.39, 0.29) is 17.3 Å². The van der Waals surface area contributed by atoms with Crippen LogP contribution in [0.1, 0.15) is 19.8 Å². The number of ether oxygens (including phenoxy) is 1. The summed E-state index contributed by atoms with van der Waals surface area (Å²) >= 11 is 1.15. The molecule has 0 saturated heterocycles. The first-order valence-electron chi connectivity index (χ1n) is 8.35. The van der Waals surface area contributed by atoms with E-state index in [0.29, 0.717) is 24.8 Å². The maximum Gasteiger partial charge on any atom is 0.431 e. The third-order valence-electron chi connectivity index (χ3n) is 3.85. The van der Waals surface area contributed by atoms with Crippen molar-refractivity contribution in [2.24, 2.45) is 0 Å². The maximum atomic E-state index is 13.6. The smallest absolute Gasteiger partial charge is 0.431 e. The second-order valence-corrected chi connectivity index (χ2v) is 8.70. The van der Waals surface area contributed by atoms with E-state index in [1.807, 2.05) is 0 Å². The van der Waals surface area contributed by atoms with Gasteiger partial charge in [-0.1, -0.05) is 6.58 Å². The topological polar surface area (TPSA) is 26.3 Å². The predicted octanol–water partition coefficient (Wildman–Crippen LogP) is 6.45. The number of carbonyl (C=O) groups excluding carboxylic acids is 1. The van der Waals surface area contributed by atoms with Crippen LogP contribution in [0.25, 0.3) is 0 Å². The molecule has 2 nitrogen and oxygen atoms in total. The first kappa shape index (κ1) is 30.1. The number of thioether (sulfide) groups is 2. The fourth-order valence-electron chi connectivity index (χ4n) is 1.82. The van der Waals surface area contributed by atoms with Crippen molar-refractivity contribution in [3.8, 4) is 0 Å². The van der Waals surface area contributed by atoms with Gasteiger partial charge in [0.25, 0.3) is 5.67 Å². The minimum Gasteiger partial charge on any atom is -0.457 e. The molecule has 0 rings (SSSR count). The molecular formula is C16H19F11O2S2. The minimum absolute atomic E-state index is 0.222. The molecule has 0 saturated carbocycles. The molecule has 0 spiro atoms. The van der Waals surface area contributed by atoms with Crippen molar-refractivity contribution >= 4 is 29.5 Å². The molecule has 0 radical (unpaired) electrons. The molecule has 0 fully saturated rings. The lowest BCUT2D eigenvalue weighted by molar-refractivity contribution is -0.341. The molecule has 0 bridgehead atoms. The van der Waals surface area contributed by atoms with Crippen LogP contribution in [-0.2, 0) is 9.53 Å². The normalized spacial score (nSPS) is 16.5. The highest BCUT2D eigenvalue weighted by atomic mass is 32.2. The molecule has 0 heterocycles. The lowest BCUT2D eigenvalue weighted by Gasteiger charge is -2.30. The molecule has 0 amide bonds. The Morgan fingerprint density at radius 3 is 1.61 bits per heavy atom. The van der Waals surface area contributed by atoms with Crippen LogP contribution < -0.4 is 0 Å². The van der Waals surface area contributed by atoms with Gasteiger partial charge in [-0.05, 0) is 24.9 Å². The first-order chi connectivity index (χ1) is 13.8. The van der Waals surface area contributed by atoms with Gasteiger partial charge in [0.05, 0.1) is 0 Å². The van der Waals surface area contributed by atoms with Crippen LogP contribution in [0, 0.1) is 0 Å². The fraction of sp³-hybridized carbons (Fsp3) is 0.812. The molecule has 2 unspecified atom stereocenters. The third kappa shape index (κ3) is 9.26. The number of esters is 1. The summed E-state index contributed by atoms with van der Waals surface area (Å²) in [5.74, 6) is -2.90. The van der Waals surface area contributed by atoms with Crippen LogP contribution >= 0.6 is 23.5 Å². The minimum atomic E-state index is -6.19. The van der Waals surface area contributed by atoms with Gasteiger partial charge in [-0.2, -0.15) is 63.0 Å². The lowest BCUT2D eigenvalue weighted by Crippen LogP contribution is -2.53. The summed E-state index contributed by atoms with van der Waals surface area (Å²) in [6.45, 7) is 3.43.